The molecule has 6 rings (SSSR count). The monoisotopic (exact) mass is 464 g/mol. The van der Waals surface area contributed by atoms with Crippen molar-refractivity contribution in [2.24, 2.45) is 0 Å². The third-order valence-electron chi connectivity index (χ3n) is 7.01. The van der Waals surface area contributed by atoms with Gasteiger partial charge in [0.1, 0.15) is 5.82 Å². The van der Waals surface area contributed by atoms with Gasteiger partial charge in [0.2, 0.25) is 0 Å². The van der Waals surface area contributed by atoms with Crippen LogP contribution >= 0.6 is 0 Å². The second kappa shape index (κ2) is 8.66. The summed E-state index contributed by atoms with van der Waals surface area (Å²) < 4.78 is 2.19. The molecule has 174 valence electrons. The van der Waals surface area contributed by atoms with Crippen LogP contribution in [0.15, 0.2) is 121 Å². The Balaban J connectivity index is 1.68. The SMILES string of the molecule is C=C(C)/C(=C/CC)C(=C)n1c(-c2ccc3c4ccccc4c4ccccc4c3c2)nc2ccccc21. The fraction of sp³-hybridized carbons (Fsp3) is 0.0882. The minimum absolute atomic E-state index is 0.892. The molecule has 5 aromatic carbocycles. The van der Waals surface area contributed by atoms with Gasteiger partial charge in [-0.15, -0.1) is 0 Å². The van der Waals surface area contributed by atoms with Crippen LogP contribution in [-0.2, 0) is 0 Å². The van der Waals surface area contributed by atoms with E-state index in [-0.39, 0.29) is 0 Å². The zero-order valence-corrected chi connectivity index (χ0v) is 20.8. The molecule has 0 radical (unpaired) electrons. The molecule has 0 spiro atoms. The molecule has 0 aliphatic heterocycles. The second-order valence-electron chi connectivity index (χ2n) is 9.36. The van der Waals surface area contributed by atoms with Gasteiger partial charge in [0, 0.05) is 11.3 Å². The molecule has 0 N–H and O–H groups in total. The van der Waals surface area contributed by atoms with Gasteiger partial charge < -0.3 is 0 Å². The molecule has 2 nitrogen and oxygen atoms in total. The Morgan fingerprint density at radius 2 is 1.31 bits per heavy atom. The normalized spacial score (nSPS) is 12.1. The Morgan fingerprint density at radius 1 is 0.750 bits per heavy atom. The highest BCUT2D eigenvalue weighted by atomic mass is 15.1. The summed E-state index contributed by atoms with van der Waals surface area (Å²) in [6, 6.07) is 32.3. The van der Waals surface area contributed by atoms with E-state index in [4.69, 9.17) is 4.98 Å². The van der Waals surface area contributed by atoms with E-state index in [1.54, 1.807) is 0 Å². The number of benzene rings is 5. The molecule has 0 aliphatic carbocycles. The largest absolute Gasteiger partial charge is 0.292 e. The Bertz CT molecular complexity index is 1830. The van der Waals surface area contributed by atoms with E-state index >= 15 is 0 Å². The van der Waals surface area contributed by atoms with E-state index in [0.29, 0.717) is 0 Å². The highest BCUT2D eigenvalue weighted by Gasteiger charge is 2.18. The molecule has 0 saturated heterocycles. The molecule has 6 aromatic rings. The Hall–Kier alpha value is -4.43. The van der Waals surface area contributed by atoms with Crippen LogP contribution in [0.3, 0.4) is 0 Å². The number of fused-ring (bicyclic) bond motifs is 7. The molecule has 0 saturated carbocycles. The number of para-hydroxylation sites is 2. The van der Waals surface area contributed by atoms with E-state index in [0.717, 1.165) is 45.7 Å². The van der Waals surface area contributed by atoms with Crippen molar-refractivity contribution in [3.8, 4) is 11.4 Å². The van der Waals surface area contributed by atoms with Crippen LogP contribution in [0.2, 0.25) is 0 Å². The first kappa shape index (κ1) is 22.1. The minimum Gasteiger partial charge on any atom is -0.292 e. The van der Waals surface area contributed by atoms with Gasteiger partial charge in [-0.1, -0.05) is 99.0 Å². The zero-order chi connectivity index (χ0) is 24.8. The first-order valence-electron chi connectivity index (χ1n) is 12.4. The summed E-state index contributed by atoms with van der Waals surface area (Å²) in [4.78, 5) is 5.10. The molecule has 1 aromatic heterocycles. The van der Waals surface area contributed by atoms with Crippen molar-refractivity contribution < 1.29 is 0 Å². The Morgan fingerprint density at radius 3 is 1.92 bits per heavy atom. The molecule has 2 heteroatoms. The Kier molecular flexibility index (Phi) is 5.30. The maximum atomic E-state index is 5.10. The standard InChI is InChI=1S/C34H28N2/c1-5-12-25(22(2)3)23(4)36-33-18-11-10-17-32(33)35-34(36)24-19-20-30-28-15-7-6-13-26(28)27-14-8-9-16-29(27)31(30)21-24/h6-21H,2,4-5H2,1,3H3/b25-12-. The highest BCUT2D eigenvalue weighted by Crippen LogP contribution is 2.38. The summed E-state index contributed by atoms with van der Waals surface area (Å²) >= 11 is 0. The van der Waals surface area contributed by atoms with Crippen molar-refractivity contribution in [3.63, 3.8) is 0 Å². The molecule has 0 amide bonds. The maximum Gasteiger partial charge on any atom is 0.145 e. The maximum absolute atomic E-state index is 5.10. The van der Waals surface area contributed by atoms with Crippen molar-refractivity contribution in [1.82, 2.24) is 9.55 Å². The van der Waals surface area contributed by atoms with E-state index in [1.165, 1.54) is 32.3 Å². The second-order valence-corrected chi connectivity index (χ2v) is 9.36. The average molecular weight is 465 g/mol. The smallest absolute Gasteiger partial charge is 0.145 e. The van der Waals surface area contributed by atoms with Gasteiger partial charge in [0.15, 0.2) is 0 Å². The highest BCUT2D eigenvalue weighted by molar-refractivity contribution is 6.25. The van der Waals surface area contributed by atoms with E-state index in [2.05, 4.69) is 116 Å². The van der Waals surface area contributed by atoms with Crippen molar-refractivity contribution in [1.29, 1.82) is 0 Å². The quantitative estimate of drug-likeness (QED) is 0.183. The molecule has 0 aliphatic rings. The van der Waals surface area contributed by atoms with Gasteiger partial charge in [0.05, 0.1) is 11.0 Å². The number of imidazole rings is 1. The van der Waals surface area contributed by atoms with Crippen molar-refractivity contribution in [2.75, 3.05) is 0 Å². The number of rotatable bonds is 5. The lowest BCUT2D eigenvalue weighted by Crippen LogP contribution is -2.03. The molecule has 0 bridgehead atoms. The van der Waals surface area contributed by atoms with Crippen molar-refractivity contribution >= 4 is 49.0 Å². The average Bonchev–Trinajstić information content (AvgIpc) is 3.31. The minimum atomic E-state index is 0.892. The molecular weight excluding hydrogens is 436 g/mol. The summed E-state index contributed by atoms with van der Waals surface area (Å²) in [5, 5.41) is 7.56. The number of aromatic nitrogens is 2. The summed E-state index contributed by atoms with van der Waals surface area (Å²) in [5.41, 5.74) is 6.04. The van der Waals surface area contributed by atoms with Crippen molar-refractivity contribution in [2.45, 2.75) is 20.3 Å². The van der Waals surface area contributed by atoms with Crippen LogP contribution in [0.1, 0.15) is 20.3 Å². The number of allylic oxidation sites excluding steroid dienone is 4. The summed E-state index contributed by atoms with van der Waals surface area (Å²) in [6.45, 7) is 12.9. The number of nitrogens with zero attached hydrogens (tertiary/aromatic N) is 2. The fourth-order valence-corrected chi connectivity index (χ4v) is 5.40. The molecule has 0 atom stereocenters. The third kappa shape index (κ3) is 3.37. The number of hydrogen-bond donors (Lipinski definition) is 0. The van der Waals surface area contributed by atoms with E-state index < -0.39 is 0 Å². The molecule has 0 fully saturated rings. The van der Waals surface area contributed by atoms with Gasteiger partial charge in [-0.05, 0) is 75.0 Å². The van der Waals surface area contributed by atoms with Gasteiger partial charge in [-0.3, -0.25) is 4.57 Å². The van der Waals surface area contributed by atoms with Crippen LogP contribution in [0.5, 0.6) is 0 Å². The van der Waals surface area contributed by atoms with E-state index in [9.17, 15) is 0 Å². The molecule has 1 heterocycles. The lowest BCUT2D eigenvalue weighted by atomic mass is 9.93. The van der Waals surface area contributed by atoms with Gasteiger partial charge >= 0.3 is 0 Å². The van der Waals surface area contributed by atoms with Crippen LogP contribution in [0, 0.1) is 0 Å². The summed E-state index contributed by atoms with van der Waals surface area (Å²) in [6.07, 6.45) is 3.11. The van der Waals surface area contributed by atoms with Crippen LogP contribution in [-0.4, -0.2) is 9.55 Å². The summed E-state index contributed by atoms with van der Waals surface area (Å²) in [7, 11) is 0. The lowest BCUT2D eigenvalue weighted by molar-refractivity contribution is 1.11. The molecule has 0 unspecified atom stereocenters. The predicted octanol–water partition coefficient (Wildman–Crippen LogP) is 9.55. The number of hydrogen-bond acceptors (Lipinski definition) is 1. The fourth-order valence-electron chi connectivity index (χ4n) is 5.40. The first-order valence-corrected chi connectivity index (χ1v) is 12.4. The van der Waals surface area contributed by atoms with Crippen LogP contribution < -0.4 is 0 Å². The topological polar surface area (TPSA) is 17.8 Å². The predicted molar refractivity (Wildman–Crippen MR) is 156 cm³/mol. The molecule has 36 heavy (non-hydrogen) atoms. The van der Waals surface area contributed by atoms with Gasteiger partial charge in [0.25, 0.3) is 0 Å². The van der Waals surface area contributed by atoms with Crippen molar-refractivity contribution in [3.05, 3.63) is 121 Å². The van der Waals surface area contributed by atoms with Gasteiger partial charge in [-0.2, -0.15) is 0 Å². The molecular formula is C34H28N2. The van der Waals surface area contributed by atoms with Crippen LogP contribution in [0.25, 0.3) is 60.4 Å². The zero-order valence-electron chi connectivity index (χ0n) is 20.8. The third-order valence-corrected chi connectivity index (χ3v) is 7.01. The summed E-state index contributed by atoms with van der Waals surface area (Å²) in [5.74, 6) is 0.892. The van der Waals surface area contributed by atoms with Gasteiger partial charge in [-0.25, -0.2) is 4.98 Å². The first-order chi connectivity index (χ1) is 17.6. The lowest BCUT2D eigenvalue weighted by Gasteiger charge is -2.17. The van der Waals surface area contributed by atoms with E-state index in [1.807, 2.05) is 13.0 Å². The van der Waals surface area contributed by atoms with Crippen LogP contribution in [0.4, 0.5) is 0 Å². The Labute approximate surface area is 211 Å².